The van der Waals surface area contributed by atoms with Gasteiger partial charge in [-0.2, -0.15) is 0 Å². The van der Waals surface area contributed by atoms with Gasteiger partial charge in [0.2, 0.25) is 5.88 Å². The molecule has 0 amide bonds. The van der Waals surface area contributed by atoms with Crippen LogP contribution in [-0.2, 0) is 0 Å². The van der Waals surface area contributed by atoms with Gasteiger partial charge in [0.25, 0.3) is 0 Å². The highest BCUT2D eigenvalue weighted by molar-refractivity contribution is 14.1. The Balaban J connectivity index is 2.72. The molecule has 1 aromatic heterocycles. The summed E-state index contributed by atoms with van der Waals surface area (Å²) < 4.78 is 11.3. The van der Waals surface area contributed by atoms with Gasteiger partial charge in [0, 0.05) is 5.39 Å². The highest BCUT2D eigenvalue weighted by atomic mass is 127. The lowest BCUT2D eigenvalue weighted by atomic mass is 10.1. The van der Waals surface area contributed by atoms with Crippen LogP contribution in [0, 0.1) is 3.70 Å². The van der Waals surface area contributed by atoms with E-state index in [4.69, 9.17) is 9.47 Å². The van der Waals surface area contributed by atoms with E-state index in [9.17, 15) is 0 Å². The maximum Gasteiger partial charge on any atom is 0.222 e. The van der Waals surface area contributed by atoms with Gasteiger partial charge in [0.05, 0.1) is 14.2 Å². The number of hydrogen-bond donors (Lipinski definition) is 0. The fourth-order valence-electron chi connectivity index (χ4n) is 1.46. The van der Waals surface area contributed by atoms with E-state index in [1.165, 1.54) is 0 Å². The molecule has 0 saturated heterocycles. The van der Waals surface area contributed by atoms with Crippen molar-refractivity contribution >= 4 is 33.4 Å². The zero-order valence-electron chi connectivity index (χ0n) is 8.45. The van der Waals surface area contributed by atoms with Gasteiger partial charge in [-0.05, 0) is 52.2 Å². The lowest BCUT2D eigenvalue weighted by molar-refractivity contribution is 0.402. The first-order valence-corrected chi connectivity index (χ1v) is 5.51. The quantitative estimate of drug-likeness (QED) is 0.631. The molecule has 0 atom stereocenters. The van der Waals surface area contributed by atoms with Crippen LogP contribution in [0.15, 0.2) is 24.3 Å². The fourth-order valence-corrected chi connectivity index (χ4v) is 2.01. The predicted octanol–water partition coefficient (Wildman–Crippen LogP) is 2.86. The van der Waals surface area contributed by atoms with Crippen molar-refractivity contribution in [2.45, 2.75) is 0 Å². The summed E-state index contributed by atoms with van der Waals surface area (Å²) in [4.78, 5) is 4.30. The van der Waals surface area contributed by atoms with E-state index in [1.54, 1.807) is 14.2 Å². The fraction of sp³-hybridized carbons (Fsp3) is 0.182. The molecule has 0 aliphatic carbocycles. The molecular formula is C11H10INO2. The third-order valence-corrected chi connectivity index (χ3v) is 2.72. The van der Waals surface area contributed by atoms with Crippen molar-refractivity contribution in [2.75, 3.05) is 14.2 Å². The lowest BCUT2D eigenvalue weighted by Crippen LogP contribution is -1.92. The number of nitrogens with zero attached hydrogens (tertiary/aromatic N) is 1. The first kappa shape index (κ1) is 10.5. The van der Waals surface area contributed by atoms with Gasteiger partial charge in [0.15, 0.2) is 0 Å². The van der Waals surface area contributed by atoms with Gasteiger partial charge >= 0.3 is 0 Å². The summed E-state index contributed by atoms with van der Waals surface area (Å²) in [5, 5.41) is 2.07. The highest BCUT2D eigenvalue weighted by Crippen LogP contribution is 2.28. The second-order valence-electron chi connectivity index (χ2n) is 3.04. The van der Waals surface area contributed by atoms with Crippen LogP contribution < -0.4 is 9.47 Å². The number of benzene rings is 1. The number of halogens is 1. The van der Waals surface area contributed by atoms with E-state index >= 15 is 0 Å². The molecule has 0 fully saturated rings. The van der Waals surface area contributed by atoms with E-state index < -0.39 is 0 Å². The average Bonchev–Trinajstić information content (AvgIpc) is 2.26. The molecule has 4 heteroatoms. The van der Waals surface area contributed by atoms with Gasteiger partial charge in [-0.15, -0.1) is 0 Å². The Morgan fingerprint density at radius 3 is 2.60 bits per heavy atom. The van der Waals surface area contributed by atoms with Gasteiger partial charge in [0.1, 0.15) is 9.45 Å². The van der Waals surface area contributed by atoms with Crippen molar-refractivity contribution in [2.24, 2.45) is 0 Å². The molecular weight excluding hydrogens is 305 g/mol. The molecule has 15 heavy (non-hydrogen) atoms. The maximum absolute atomic E-state index is 5.23. The van der Waals surface area contributed by atoms with Crippen molar-refractivity contribution < 1.29 is 9.47 Å². The summed E-state index contributed by atoms with van der Waals surface area (Å²) in [6.45, 7) is 0. The van der Waals surface area contributed by atoms with E-state index in [0.29, 0.717) is 5.88 Å². The van der Waals surface area contributed by atoms with E-state index in [-0.39, 0.29) is 0 Å². The van der Waals surface area contributed by atoms with E-state index in [0.717, 1.165) is 20.2 Å². The monoisotopic (exact) mass is 315 g/mol. The third kappa shape index (κ3) is 1.99. The standard InChI is InChI=1S/C11H10INO2/c1-14-8-3-4-9-7(5-8)6-10(12)13-11(9)15-2/h3-6H,1-2H3. The Bertz CT molecular complexity index is 499. The van der Waals surface area contributed by atoms with Crippen LogP contribution in [0.4, 0.5) is 0 Å². The molecule has 0 spiro atoms. The van der Waals surface area contributed by atoms with Crippen molar-refractivity contribution in [3.8, 4) is 11.6 Å². The minimum atomic E-state index is 0.652. The zero-order chi connectivity index (χ0) is 10.8. The smallest absolute Gasteiger partial charge is 0.222 e. The SMILES string of the molecule is COc1ccc2c(OC)nc(I)cc2c1. The number of hydrogen-bond acceptors (Lipinski definition) is 3. The Kier molecular flexibility index (Phi) is 2.95. The molecule has 2 rings (SSSR count). The first-order valence-electron chi connectivity index (χ1n) is 4.43. The molecule has 0 aliphatic heterocycles. The summed E-state index contributed by atoms with van der Waals surface area (Å²) in [6, 6.07) is 7.83. The van der Waals surface area contributed by atoms with Crippen molar-refractivity contribution in [1.29, 1.82) is 0 Å². The van der Waals surface area contributed by atoms with Crippen molar-refractivity contribution in [3.63, 3.8) is 0 Å². The number of fused-ring (bicyclic) bond motifs is 1. The van der Waals surface area contributed by atoms with Crippen LogP contribution >= 0.6 is 22.6 Å². The van der Waals surface area contributed by atoms with Crippen LogP contribution in [0.25, 0.3) is 10.8 Å². The van der Waals surface area contributed by atoms with Crippen LogP contribution in [0.1, 0.15) is 0 Å². The summed E-state index contributed by atoms with van der Waals surface area (Å²) in [7, 11) is 3.28. The summed E-state index contributed by atoms with van der Waals surface area (Å²) in [5.41, 5.74) is 0. The maximum atomic E-state index is 5.23. The molecule has 0 saturated carbocycles. The van der Waals surface area contributed by atoms with Gasteiger partial charge < -0.3 is 9.47 Å². The van der Waals surface area contributed by atoms with Crippen LogP contribution in [-0.4, -0.2) is 19.2 Å². The second kappa shape index (κ2) is 4.22. The minimum Gasteiger partial charge on any atom is -0.497 e. The predicted molar refractivity (Wildman–Crippen MR) is 67.6 cm³/mol. The largest absolute Gasteiger partial charge is 0.497 e. The van der Waals surface area contributed by atoms with Crippen molar-refractivity contribution in [3.05, 3.63) is 28.0 Å². The molecule has 0 unspecified atom stereocenters. The molecule has 0 radical (unpaired) electrons. The number of rotatable bonds is 2. The zero-order valence-corrected chi connectivity index (χ0v) is 10.6. The van der Waals surface area contributed by atoms with Gasteiger partial charge in [-0.25, -0.2) is 4.98 Å². The van der Waals surface area contributed by atoms with Gasteiger partial charge in [-0.1, -0.05) is 0 Å². The molecule has 0 bridgehead atoms. The summed E-state index contributed by atoms with van der Waals surface area (Å²) >= 11 is 2.17. The van der Waals surface area contributed by atoms with E-state index in [1.807, 2.05) is 24.3 Å². The molecule has 0 aliphatic rings. The summed E-state index contributed by atoms with van der Waals surface area (Å²) in [6.07, 6.45) is 0. The first-order chi connectivity index (χ1) is 7.24. The Morgan fingerprint density at radius 2 is 1.93 bits per heavy atom. The number of aromatic nitrogens is 1. The highest BCUT2D eigenvalue weighted by Gasteiger charge is 2.05. The normalized spacial score (nSPS) is 10.3. The molecule has 2 aromatic rings. The Hall–Kier alpha value is -1.04. The minimum absolute atomic E-state index is 0.652. The third-order valence-electron chi connectivity index (χ3n) is 2.17. The Labute approximate surface area is 102 Å². The number of ether oxygens (including phenoxy) is 2. The second-order valence-corrected chi connectivity index (χ2v) is 4.15. The average molecular weight is 315 g/mol. The lowest BCUT2D eigenvalue weighted by Gasteiger charge is -2.06. The molecule has 1 aromatic carbocycles. The topological polar surface area (TPSA) is 31.4 Å². The van der Waals surface area contributed by atoms with Crippen molar-refractivity contribution in [1.82, 2.24) is 4.98 Å². The van der Waals surface area contributed by atoms with Crippen LogP contribution in [0.5, 0.6) is 11.6 Å². The number of methoxy groups -OCH3 is 2. The molecule has 0 N–H and O–H groups in total. The number of pyridine rings is 1. The molecule has 1 heterocycles. The Morgan fingerprint density at radius 1 is 1.13 bits per heavy atom. The summed E-state index contributed by atoms with van der Waals surface area (Å²) in [5.74, 6) is 1.49. The van der Waals surface area contributed by atoms with Crippen LogP contribution in [0.2, 0.25) is 0 Å². The van der Waals surface area contributed by atoms with E-state index in [2.05, 4.69) is 27.6 Å². The van der Waals surface area contributed by atoms with Crippen LogP contribution in [0.3, 0.4) is 0 Å². The molecule has 78 valence electrons. The van der Waals surface area contributed by atoms with Gasteiger partial charge in [-0.3, -0.25) is 0 Å². The molecule has 3 nitrogen and oxygen atoms in total.